The minimum absolute atomic E-state index is 0.0113. The number of rotatable bonds is 20. The molecule has 0 radical (unpaired) electrons. The van der Waals surface area contributed by atoms with Gasteiger partial charge in [0.1, 0.15) is 19.3 Å². The highest BCUT2D eigenvalue weighted by molar-refractivity contribution is 6.02. The maximum atomic E-state index is 14.0. The lowest BCUT2D eigenvalue weighted by Gasteiger charge is -2.70. The summed E-state index contributed by atoms with van der Waals surface area (Å²) in [6.07, 6.45) is 6.09. The van der Waals surface area contributed by atoms with Gasteiger partial charge in [0.05, 0.1) is 25.2 Å². The van der Waals surface area contributed by atoms with Gasteiger partial charge in [-0.15, -0.1) is 5.06 Å². The summed E-state index contributed by atoms with van der Waals surface area (Å²) < 4.78 is 19.0. The molecule has 6 amide bonds. The number of nitrogens with one attached hydrogen (secondary N) is 4. The molecule has 2 bridgehead atoms. The van der Waals surface area contributed by atoms with Crippen LogP contribution in [0.4, 0.5) is 10.5 Å². The number of amides is 6. The van der Waals surface area contributed by atoms with Crippen molar-refractivity contribution in [2.24, 2.45) is 34.0 Å². The van der Waals surface area contributed by atoms with Gasteiger partial charge in [-0.3, -0.25) is 38.4 Å². The van der Waals surface area contributed by atoms with Crippen molar-refractivity contribution >= 4 is 64.8 Å². The van der Waals surface area contributed by atoms with Crippen LogP contribution in [0.3, 0.4) is 0 Å². The molecule has 2 aromatic rings. The van der Waals surface area contributed by atoms with Gasteiger partial charge in [0.25, 0.3) is 11.8 Å². The van der Waals surface area contributed by atoms with Crippen LogP contribution in [0.5, 0.6) is 0 Å². The summed E-state index contributed by atoms with van der Waals surface area (Å²) in [4.78, 5) is 129. The second-order valence-corrected chi connectivity index (χ2v) is 23.3. The molecule has 10 atom stereocenters. The first kappa shape index (κ1) is 55.2. The number of nitrogens with zero attached hydrogens (tertiary/aromatic N) is 1. The predicted molar refractivity (Wildman–Crippen MR) is 273 cm³/mol. The van der Waals surface area contributed by atoms with Gasteiger partial charge in [0.2, 0.25) is 17.7 Å². The number of Topliss-reactive ketones (excluding diaryl/α,β-unsaturated/α-hetero) is 1. The lowest BCUT2D eigenvalue weighted by Crippen LogP contribution is -2.75. The number of aliphatic hydroxyl groups is 2. The molecule has 7 N–H and O–H groups in total. The molecule has 0 spiro atoms. The standard InChI is InChI=1S/C57H65N5O17/c1-53-20-19-36(64)21-34(53)9-12-37-38-22-42-57(41(66)26-63,54(38,2)24-40(65)49(37)53)78-51(77-42)33-7-3-31(4-8-33)23-55-28-56(29-55,30-55)61-52(75)76-27-32-5-10-35(11-6-32)59-50(74)39(13-17-47(71)72)60-44(68)25-58-43(67)14-18-48(73)79-62-45(69)15-16-46(62)70/h3-8,10-11,19-21,37-40,42,49,51,63,65H,9,12-18,22-30H2,1-2H3,(H,58,67)(H,59,74)(H,60,68)(H,61,75)(H,71,72)/t37-,38-,39-,40-,42+,49+,51+,53-,54-,55?,56?,57+/m0/s1. The fraction of sp³-hybridized carbons (Fsp3) is 0.544. The molecule has 8 fully saturated rings. The number of alkyl carbamates (subject to hydrolysis) is 1. The van der Waals surface area contributed by atoms with E-state index in [0.717, 1.165) is 55.2 Å². The number of carboxylic acid groups (broad SMARTS) is 1. The summed E-state index contributed by atoms with van der Waals surface area (Å²) in [5, 5.41) is 42.3. The average molecular weight is 1090 g/mol. The highest BCUT2D eigenvalue weighted by Crippen LogP contribution is 2.71. The Morgan fingerprint density at radius 1 is 0.873 bits per heavy atom. The zero-order valence-corrected chi connectivity index (χ0v) is 43.9. The van der Waals surface area contributed by atoms with Crippen molar-refractivity contribution in [3.8, 4) is 0 Å². The largest absolute Gasteiger partial charge is 0.481 e. The number of benzene rings is 2. The number of aliphatic carboxylic acids is 1. The number of ketones is 2. The number of hydrogen-bond acceptors (Lipinski definition) is 16. The summed E-state index contributed by atoms with van der Waals surface area (Å²) in [7, 11) is 0. The van der Waals surface area contributed by atoms with E-state index < -0.39 is 127 Å². The molecule has 420 valence electrons. The maximum Gasteiger partial charge on any atom is 0.407 e. The van der Waals surface area contributed by atoms with E-state index in [0.29, 0.717) is 29.2 Å². The van der Waals surface area contributed by atoms with Crippen LogP contribution in [-0.2, 0) is 75.2 Å². The maximum absolute atomic E-state index is 14.0. The molecular formula is C57H65N5O17. The van der Waals surface area contributed by atoms with Gasteiger partial charge in [-0.25, -0.2) is 9.59 Å². The van der Waals surface area contributed by atoms with E-state index >= 15 is 0 Å². The molecule has 6 saturated carbocycles. The fourth-order valence-corrected chi connectivity index (χ4v) is 14.8. The first-order valence-corrected chi connectivity index (χ1v) is 26.9. The Bertz CT molecular complexity index is 2900. The first-order valence-electron chi connectivity index (χ1n) is 26.9. The Balaban J connectivity index is 0.656. The van der Waals surface area contributed by atoms with Crippen LogP contribution in [0.1, 0.15) is 120 Å². The number of carbonyl (C=O) groups is 10. The Morgan fingerprint density at radius 2 is 1.57 bits per heavy atom. The summed E-state index contributed by atoms with van der Waals surface area (Å²) in [6, 6.07) is 13.0. The number of hydroxylamine groups is 2. The third kappa shape index (κ3) is 10.4. The van der Waals surface area contributed by atoms with E-state index in [1.165, 1.54) is 0 Å². The topological polar surface area (TPSA) is 320 Å². The molecule has 9 aliphatic rings. The Kier molecular flexibility index (Phi) is 14.8. The number of carbonyl (C=O) groups excluding carboxylic acids is 9. The summed E-state index contributed by atoms with van der Waals surface area (Å²) >= 11 is 0. The highest BCUT2D eigenvalue weighted by Gasteiger charge is 2.76. The number of allylic oxidation sites excluding steroid dienone is 4. The van der Waals surface area contributed by atoms with Gasteiger partial charge < -0.3 is 55.6 Å². The molecule has 2 aliphatic heterocycles. The predicted octanol–water partition coefficient (Wildman–Crippen LogP) is 3.47. The molecule has 11 rings (SSSR count). The van der Waals surface area contributed by atoms with Gasteiger partial charge in [-0.05, 0) is 110 Å². The van der Waals surface area contributed by atoms with Crippen LogP contribution in [0.15, 0.2) is 72.3 Å². The van der Waals surface area contributed by atoms with E-state index in [2.05, 4.69) is 28.2 Å². The second kappa shape index (κ2) is 21.2. The van der Waals surface area contributed by atoms with Crippen LogP contribution in [0, 0.1) is 34.0 Å². The molecule has 0 unspecified atom stereocenters. The van der Waals surface area contributed by atoms with Crippen LogP contribution in [-0.4, -0.2) is 122 Å². The number of carboxylic acids is 1. The van der Waals surface area contributed by atoms with Crippen LogP contribution in [0.25, 0.3) is 0 Å². The lowest BCUT2D eigenvalue weighted by atomic mass is 9.38. The van der Waals surface area contributed by atoms with E-state index in [1.807, 2.05) is 37.3 Å². The third-order valence-corrected chi connectivity index (χ3v) is 18.2. The minimum atomic E-state index is -1.44. The molecule has 2 saturated heterocycles. The smallest absolute Gasteiger partial charge is 0.407 e. The highest BCUT2D eigenvalue weighted by atomic mass is 16.7. The number of imide groups is 1. The number of anilines is 1. The lowest BCUT2D eigenvalue weighted by molar-refractivity contribution is -0.201. The van der Waals surface area contributed by atoms with Crippen molar-refractivity contribution < 1.29 is 82.3 Å². The molecule has 22 nitrogen and oxygen atoms in total. The number of ether oxygens (including phenoxy) is 3. The normalized spacial score (nSPS) is 32.8. The van der Waals surface area contributed by atoms with Crippen LogP contribution in [0.2, 0.25) is 0 Å². The second-order valence-electron chi connectivity index (χ2n) is 23.3. The molecule has 0 aromatic heterocycles. The summed E-state index contributed by atoms with van der Waals surface area (Å²) in [5.74, 6) is -6.42. The number of hydrogen-bond donors (Lipinski definition) is 7. The van der Waals surface area contributed by atoms with Crippen molar-refractivity contribution in [1.29, 1.82) is 0 Å². The molecular weight excluding hydrogens is 1030 g/mol. The van der Waals surface area contributed by atoms with Crippen molar-refractivity contribution in [2.45, 2.75) is 146 Å². The molecule has 2 aromatic carbocycles. The van der Waals surface area contributed by atoms with Gasteiger partial charge in [0, 0.05) is 59.2 Å². The zero-order chi connectivity index (χ0) is 56.2. The molecule has 2 heterocycles. The van der Waals surface area contributed by atoms with Gasteiger partial charge in [0.15, 0.2) is 23.5 Å². The average Bonchev–Trinajstić information content (AvgIpc) is 3.75. The van der Waals surface area contributed by atoms with Crippen molar-refractivity contribution in [3.05, 3.63) is 89.0 Å². The van der Waals surface area contributed by atoms with E-state index in [1.54, 1.807) is 36.4 Å². The van der Waals surface area contributed by atoms with Crippen LogP contribution < -0.4 is 21.3 Å². The third-order valence-electron chi connectivity index (χ3n) is 18.2. The van der Waals surface area contributed by atoms with E-state index in [-0.39, 0.29) is 60.4 Å². The van der Waals surface area contributed by atoms with E-state index in [4.69, 9.17) is 19.0 Å². The van der Waals surface area contributed by atoms with Crippen molar-refractivity contribution in [1.82, 2.24) is 21.0 Å². The Labute approximate surface area is 454 Å². The van der Waals surface area contributed by atoms with Gasteiger partial charge in [-0.1, -0.05) is 61.9 Å². The van der Waals surface area contributed by atoms with Gasteiger partial charge >= 0.3 is 18.0 Å². The Hall–Kier alpha value is -7.14. The van der Waals surface area contributed by atoms with Crippen molar-refractivity contribution in [2.75, 3.05) is 18.5 Å². The van der Waals surface area contributed by atoms with Gasteiger partial charge in [-0.2, -0.15) is 0 Å². The molecule has 22 heteroatoms. The number of fused-ring (bicyclic) bond motifs is 7. The zero-order valence-electron chi connectivity index (χ0n) is 43.9. The summed E-state index contributed by atoms with van der Waals surface area (Å²) in [6.45, 7) is 2.73. The quantitative estimate of drug-likeness (QED) is 0.0934. The first-order chi connectivity index (χ1) is 37.6. The minimum Gasteiger partial charge on any atom is -0.481 e. The Morgan fingerprint density at radius 3 is 2.25 bits per heavy atom. The molecule has 7 aliphatic carbocycles. The fourth-order valence-electron chi connectivity index (χ4n) is 14.8. The number of aliphatic hydroxyl groups excluding tert-OH is 2. The summed E-state index contributed by atoms with van der Waals surface area (Å²) in [5.41, 5.74) is 0.745. The SMILES string of the molecule is C[C@]12C=CC(=O)C=C1CC[C@@H]1[C@@H]2[C@@H](O)C[C@@]2(C)[C@H]1C[C@H]1O[C@@H](c3ccc(CC45CC(NC(=O)OCc6ccc(NC(=O)[C@H](CCC(=O)O)NC(=O)CNC(=O)CCC(=O)ON7C(=O)CCC7=O)cc6)(C4)C5)cc3)O[C@]12C(=O)CO. The molecule has 79 heavy (non-hydrogen) atoms. The van der Waals surface area contributed by atoms with Crippen LogP contribution >= 0.6 is 0 Å². The monoisotopic (exact) mass is 1090 g/mol. The van der Waals surface area contributed by atoms with Crippen molar-refractivity contribution in [3.63, 3.8) is 0 Å². The van der Waals surface area contributed by atoms with E-state index in [9.17, 15) is 63.3 Å².